The number of thiophene rings is 1. The maximum atomic E-state index is 13.1. The van der Waals surface area contributed by atoms with E-state index in [0.29, 0.717) is 13.2 Å². The molecular weight excluding hydrogens is 340 g/mol. The van der Waals surface area contributed by atoms with E-state index in [1.54, 1.807) is 33.7 Å². The van der Waals surface area contributed by atoms with E-state index < -0.39 is 0 Å². The van der Waals surface area contributed by atoms with Crippen LogP contribution < -0.4 is 5.56 Å². The lowest BCUT2D eigenvalue weighted by Crippen LogP contribution is -2.32. The molecule has 0 fully saturated rings. The third kappa shape index (κ3) is 3.32. The number of fused-ring (bicyclic) bond motifs is 3. The summed E-state index contributed by atoms with van der Waals surface area (Å²) in [5.41, 5.74) is 0.964. The predicted octanol–water partition coefficient (Wildman–Crippen LogP) is 4.39. The number of rotatable bonds is 6. The number of unbranched alkanes of at least 4 members (excludes halogenated alkanes) is 1. The Hall–Kier alpha value is -1.11. The van der Waals surface area contributed by atoms with Crippen molar-refractivity contribution >= 4 is 33.3 Å². The summed E-state index contributed by atoms with van der Waals surface area (Å²) in [6, 6.07) is 0. The molecule has 4 nitrogen and oxygen atoms in total. The Morgan fingerprint density at radius 3 is 3.00 bits per heavy atom. The molecule has 1 aliphatic rings. The molecule has 0 aromatic carbocycles. The summed E-state index contributed by atoms with van der Waals surface area (Å²) in [7, 11) is 0. The summed E-state index contributed by atoms with van der Waals surface area (Å²) in [5, 5.41) is 1.59. The first-order chi connectivity index (χ1) is 11.5. The topological polar surface area (TPSA) is 44.1 Å². The highest BCUT2D eigenvalue weighted by Crippen LogP contribution is 2.37. The van der Waals surface area contributed by atoms with Gasteiger partial charge in [0.2, 0.25) is 0 Å². The molecule has 0 bridgehead atoms. The highest BCUT2D eigenvalue weighted by Gasteiger charge is 2.31. The minimum atomic E-state index is -0.231. The molecule has 24 heavy (non-hydrogen) atoms. The Morgan fingerprint density at radius 2 is 2.29 bits per heavy atom. The smallest absolute Gasteiger partial charge is 0.263 e. The minimum absolute atomic E-state index is 0.0640. The fraction of sp³-hybridized carbons (Fsp3) is 0.556. The maximum Gasteiger partial charge on any atom is 0.263 e. The summed E-state index contributed by atoms with van der Waals surface area (Å²) in [6.45, 7) is 11.2. The highest BCUT2D eigenvalue weighted by molar-refractivity contribution is 7.99. The van der Waals surface area contributed by atoms with E-state index in [9.17, 15) is 4.79 Å². The minimum Gasteiger partial charge on any atom is -0.370 e. The Morgan fingerprint density at radius 1 is 1.50 bits per heavy atom. The average Bonchev–Trinajstić information content (AvgIpc) is 2.87. The van der Waals surface area contributed by atoms with Gasteiger partial charge in [0.25, 0.3) is 5.56 Å². The van der Waals surface area contributed by atoms with Crippen LogP contribution in [-0.4, -0.2) is 20.9 Å². The van der Waals surface area contributed by atoms with Crippen LogP contribution in [0.25, 0.3) is 10.2 Å². The van der Waals surface area contributed by atoms with Crippen LogP contribution in [-0.2, 0) is 24.3 Å². The second kappa shape index (κ2) is 7.02. The zero-order valence-corrected chi connectivity index (χ0v) is 16.2. The molecule has 0 saturated carbocycles. The van der Waals surface area contributed by atoms with E-state index in [4.69, 9.17) is 9.72 Å². The van der Waals surface area contributed by atoms with Crippen LogP contribution in [0.15, 0.2) is 22.6 Å². The van der Waals surface area contributed by atoms with Gasteiger partial charge in [0.05, 0.1) is 17.6 Å². The van der Waals surface area contributed by atoms with Crippen molar-refractivity contribution in [3.8, 4) is 0 Å². The molecule has 1 aliphatic heterocycles. The summed E-state index contributed by atoms with van der Waals surface area (Å²) in [6.07, 6.45) is 4.79. The number of hydrogen-bond acceptors (Lipinski definition) is 5. The van der Waals surface area contributed by atoms with Crippen molar-refractivity contribution < 1.29 is 4.74 Å². The molecule has 2 aromatic heterocycles. The molecule has 2 aromatic rings. The van der Waals surface area contributed by atoms with Crippen LogP contribution >= 0.6 is 23.1 Å². The molecule has 6 heteroatoms. The lowest BCUT2D eigenvalue weighted by molar-refractivity contribution is -0.0379. The molecule has 3 heterocycles. The second-order valence-electron chi connectivity index (χ2n) is 6.71. The van der Waals surface area contributed by atoms with Crippen LogP contribution in [0.4, 0.5) is 0 Å². The van der Waals surface area contributed by atoms with Crippen molar-refractivity contribution in [2.24, 2.45) is 0 Å². The Bertz CT molecular complexity index is 821. The van der Waals surface area contributed by atoms with Gasteiger partial charge in [-0.25, -0.2) is 4.98 Å². The first kappa shape index (κ1) is 17.7. The normalized spacial score (nSPS) is 16.3. The van der Waals surface area contributed by atoms with Gasteiger partial charge in [-0.3, -0.25) is 9.36 Å². The molecule has 0 N–H and O–H groups in total. The highest BCUT2D eigenvalue weighted by atomic mass is 32.2. The van der Waals surface area contributed by atoms with E-state index in [1.807, 2.05) is 0 Å². The second-order valence-corrected chi connectivity index (χ2v) is 8.86. The van der Waals surface area contributed by atoms with Gasteiger partial charge in [0.15, 0.2) is 5.16 Å². The van der Waals surface area contributed by atoms with Gasteiger partial charge in [0, 0.05) is 23.6 Å². The van der Waals surface area contributed by atoms with Gasteiger partial charge in [-0.05, 0) is 25.8 Å². The number of thioether (sulfide) groups is 1. The molecular formula is C18H24N2O2S2. The van der Waals surface area contributed by atoms with Crippen molar-refractivity contribution in [1.29, 1.82) is 0 Å². The molecule has 0 unspecified atom stereocenters. The number of hydrogen-bond donors (Lipinski definition) is 0. The van der Waals surface area contributed by atoms with Crippen LogP contribution in [0.2, 0.25) is 0 Å². The van der Waals surface area contributed by atoms with E-state index in [1.165, 1.54) is 0 Å². The number of allylic oxidation sites excluding steroid dienone is 1. The van der Waals surface area contributed by atoms with Crippen molar-refractivity contribution in [3.63, 3.8) is 0 Å². The molecule has 0 amide bonds. The predicted molar refractivity (Wildman–Crippen MR) is 102 cm³/mol. The zero-order chi connectivity index (χ0) is 17.3. The van der Waals surface area contributed by atoms with E-state index in [-0.39, 0.29) is 11.2 Å². The van der Waals surface area contributed by atoms with Gasteiger partial charge in [-0.2, -0.15) is 0 Å². The molecule has 3 rings (SSSR count). The summed E-state index contributed by atoms with van der Waals surface area (Å²) < 4.78 is 7.67. The molecule has 0 aliphatic carbocycles. The first-order valence-corrected chi connectivity index (χ1v) is 10.2. The lowest BCUT2D eigenvalue weighted by atomic mass is 9.94. The van der Waals surface area contributed by atoms with Crippen molar-refractivity contribution in [2.75, 3.05) is 5.75 Å². The monoisotopic (exact) mass is 364 g/mol. The maximum absolute atomic E-state index is 13.1. The molecule has 0 atom stereocenters. The fourth-order valence-corrected chi connectivity index (χ4v) is 5.15. The Balaban J connectivity index is 2.13. The van der Waals surface area contributed by atoms with Crippen LogP contribution in [0.3, 0.4) is 0 Å². The number of aromatic nitrogens is 2. The zero-order valence-electron chi connectivity index (χ0n) is 14.6. The quantitative estimate of drug-likeness (QED) is 0.330. The van der Waals surface area contributed by atoms with E-state index in [2.05, 4.69) is 27.4 Å². The van der Waals surface area contributed by atoms with Gasteiger partial charge in [-0.1, -0.05) is 31.2 Å². The van der Waals surface area contributed by atoms with Crippen molar-refractivity contribution in [1.82, 2.24) is 9.55 Å². The first-order valence-electron chi connectivity index (χ1n) is 8.39. The largest absolute Gasteiger partial charge is 0.370 e. The van der Waals surface area contributed by atoms with Crippen LogP contribution in [0.1, 0.15) is 44.1 Å². The Kier molecular flexibility index (Phi) is 5.18. The molecule has 130 valence electrons. The van der Waals surface area contributed by atoms with Crippen molar-refractivity contribution in [3.05, 3.63) is 33.4 Å². The standard InChI is InChI=1S/C18H24N2O2S2/c1-5-7-9-23-17-19-15-14(16(21)20(17)8-6-2)12-10-18(3,4)22-11-13(12)24-15/h6H,2,5,7-11H2,1,3-4H3. The van der Waals surface area contributed by atoms with Crippen molar-refractivity contribution in [2.45, 2.75) is 63.9 Å². The lowest BCUT2D eigenvalue weighted by Gasteiger charge is -2.29. The molecule has 0 radical (unpaired) electrons. The van der Waals surface area contributed by atoms with Crippen LogP contribution in [0.5, 0.6) is 0 Å². The van der Waals surface area contributed by atoms with E-state index >= 15 is 0 Å². The SMILES string of the molecule is C=CCn1c(SCCCC)nc2sc3c(c2c1=O)CC(C)(C)OC3. The summed E-state index contributed by atoms with van der Waals surface area (Å²) in [4.78, 5) is 20.0. The molecule has 0 spiro atoms. The Labute approximate surface area is 150 Å². The summed E-state index contributed by atoms with van der Waals surface area (Å²) >= 11 is 3.27. The van der Waals surface area contributed by atoms with Gasteiger partial charge in [-0.15, -0.1) is 17.9 Å². The average molecular weight is 365 g/mol. The third-order valence-corrected chi connectivity index (χ3v) is 6.36. The van der Waals surface area contributed by atoms with Gasteiger partial charge < -0.3 is 4.74 Å². The third-order valence-electron chi connectivity index (χ3n) is 4.20. The number of ether oxygens (including phenoxy) is 1. The van der Waals surface area contributed by atoms with Gasteiger partial charge in [0.1, 0.15) is 4.83 Å². The molecule has 0 saturated heterocycles. The fourth-order valence-electron chi connectivity index (χ4n) is 2.92. The summed E-state index contributed by atoms with van der Waals surface area (Å²) in [5.74, 6) is 0.979. The van der Waals surface area contributed by atoms with Crippen LogP contribution in [0, 0.1) is 0 Å². The van der Waals surface area contributed by atoms with E-state index in [0.717, 1.165) is 50.8 Å². The number of nitrogens with zero attached hydrogens (tertiary/aromatic N) is 2. The van der Waals surface area contributed by atoms with Gasteiger partial charge >= 0.3 is 0 Å².